The summed E-state index contributed by atoms with van der Waals surface area (Å²) in [5, 5.41) is 18.5. The van der Waals surface area contributed by atoms with Gasteiger partial charge in [-0.15, -0.1) is 0 Å². The Morgan fingerprint density at radius 3 is 3.08 bits per heavy atom. The molecule has 2 N–H and O–H groups in total. The molecule has 1 aliphatic carbocycles. The van der Waals surface area contributed by atoms with Crippen molar-refractivity contribution in [3.63, 3.8) is 0 Å². The minimum atomic E-state index is -0.597. The molecule has 1 aliphatic heterocycles. The summed E-state index contributed by atoms with van der Waals surface area (Å²) in [6.07, 6.45) is 1.65. The minimum Gasteiger partial charge on any atom is -0.465 e. The maximum absolute atomic E-state index is 11.3. The summed E-state index contributed by atoms with van der Waals surface area (Å²) in [4.78, 5) is 11.3. The van der Waals surface area contributed by atoms with Gasteiger partial charge in [0.15, 0.2) is 0 Å². The highest BCUT2D eigenvalue weighted by Gasteiger charge is 2.43. The van der Waals surface area contributed by atoms with Gasteiger partial charge in [0.2, 0.25) is 0 Å². The van der Waals surface area contributed by atoms with E-state index in [1.165, 1.54) is 0 Å². The quantitative estimate of drug-likeness (QED) is 0.424. The van der Waals surface area contributed by atoms with Gasteiger partial charge in [-0.2, -0.15) is 0 Å². The van der Waals surface area contributed by atoms with Gasteiger partial charge in [0.25, 0.3) is 0 Å². The molecule has 2 aliphatic rings. The van der Waals surface area contributed by atoms with Crippen molar-refractivity contribution in [1.82, 2.24) is 0 Å². The summed E-state index contributed by atoms with van der Waals surface area (Å²) in [7, 11) is 0. The molecule has 4 nitrogen and oxygen atoms in total. The SMILES string of the molecule is O=C1OCCC2C1C(CO)=C[C@H]2O. The zero-order valence-corrected chi connectivity index (χ0v) is 7.14. The third-order valence-electron chi connectivity index (χ3n) is 2.78. The lowest BCUT2D eigenvalue weighted by atomic mass is 9.86. The van der Waals surface area contributed by atoms with Crippen LogP contribution in [0.3, 0.4) is 0 Å². The number of aliphatic hydroxyl groups is 2. The number of esters is 1. The molecule has 13 heavy (non-hydrogen) atoms. The predicted molar refractivity (Wildman–Crippen MR) is 43.7 cm³/mol. The van der Waals surface area contributed by atoms with Gasteiger partial charge >= 0.3 is 5.97 Å². The van der Waals surface area contributed by atoms with Crippen LogP contribution in [0.2, 0.25) is 0 Å². The van der Waals surface area contributed by atoms with E-state index in [9.17, 15) is 9.90 Å². The molecular weight excluding hydrogens is 172 g/mol. The van der Waals surface area contributed by atoms with Gasteiger partial charge in [0.1, 0.15) is 0 Å². The average molecular weight is 184 g/mol. The van der Waals surface area contributed by atoms with E-state index in [2.05, 4.69) is 0 Å². The first kappa shape index (κ1) is 8.72. The first-order chi connectivity index (χ1) is 6.24. The van der Waals surface area contributed by atoms with Crippen LogP contribution in [0.15, 0.2) is 11.6 Å². The van der Waals surface area contributed by atoms with E-state index in [0.717, 1.165) is 0 Å². The Bertz CT molecular complexity index is 258. The number of ether oxygens (including phenoxy) is 1. The first-order valence-corrected chi connectivity index (χ1v) is 4.40. The van der Waals surface area contributed by atoms with E-state index in [1.54, 1.807) is 6.08 Å². The van der Waals surface area contributed by atoms with Crippen LogP contribution >= 0.6 is 0 Å². The summed E-state index contributed by atoms with van der Waals surface area (Å²) < 4.78 is 4.87. The van der Waals surface area contributed by atoms with Gasteiger partial charge in [-0.3, -0.25) is 4.79 Å². The highest BCUT2D eigenvalue weighted by molar-refractivity contribution is 5.78. The smallest absolute Gasteiger partial charge is 0.313 e. The predicted octanol–water partition coefficient (Wildman–Crippen LogP) is -0.541. The van der Waals surface area contributed by atoms with E-state index in [0.29, 0.717) is 18.6 Å². The molecule has 3 atom stereocenters. The Hall–Kier alpha value is -0.870. The number of cyclic esters (lactones) is 1. The van der Waals surface area contributed by atoms with Crippen LogP contribution in [-0.4, -0.2) is 35.5 Å². The second kappa shape index (κ2) is 3.12. The summed E-state index contributed by atoms with van der Waals surface area (Å²) in [5.74, 6) is -0.801. The lowest BCUT2D eigenvalue weighted by Gasteiger charge is -2.27. The Morgan fingerprint density at radius 1 is 1.62 bits per heavy atom. The van der Waals surface area contributed by atoms with E-state index in [-0.39, 0.29) is 18.5 Å². The van der Waals surface area contributed by atoms with Gasteiger partial charge in [-0.05, 0) is 12.0 Å². The third-order valence-corrected chi connectivity index (χ3v) is 2.78. The summed E-state index contributed by atoms with van der Waals surface area (Å²) in [6.45, 7) is 0.205. The Balaban J connectivity index is 2.24. The average Bonchev–Trinajstić information content (AvgIpc) is 2.45. The van der Waals surface area contributed by atoms with Gasteiger partial charge in [0.05, 0.1) is 25.2 Å². The highest BCUT2D eigenvalue weighted by atomic mass is 16.5. The fraction of sp³-hybridized carbons (Fsp3) is 0.667. The summed E-state index contributed by atoms with van der Waals surface area (Å²) >= 11 is 0. The van der Waals surface area contributed by atoms with Crippen LogP contribution in [0.25, 0.3) is 0 Å². The van der Waals surface area contributed by atoms with Gasteiger partial charge in [-0.25, -0.2) is 0 Å². The summed E-state index contributed by atoms with van der Waals surface area (Å²) in [6, 6.07) is 0. The van der Waals surface area contributed by atoms with E-state index < -0.39 is 12.0 Å². The highest BCUT2D eigenvalue weighted by Crippen LogP contribution is 2.37. The standard InChI is InChI=1S/C9H12O4/c10-4-5-3-7(11)6-1-2-13-9(12)8(5)6/h3,6-8,10-11H,1-2,4H2/t6?,7-,8?/m1/s1. The van der Waals surface area contributed by atoms with Crippen molar-refractivity contribution in [3.8, 4) is 0 Å². The molecule has 1 saturated heterocycles. The normalized spacial score (nSPS) is 38.2. The molecule has 4 heteroatoms. The van der Waals surface area contributed by atoms with E-state index in [4.69, 9.17) is 9.84 Å². The fourth-order valence-electron chi connectivity index (χ4n) is 2.12. The topological polar surface area (TPSA) is 66.8 Å². The molecule has 0 bridgehead atoms. The van der Waals surface area contributed by atoms with Crippen LogP contribution < -0.4 is 0 Å². The molecule has 0 amide bonds. The molecule has 1 fully saturated rings. The monoisotopic (exact) mass is 184 g/mol. The second-order valence-electron chi connectivity index (χ2n) is 3.49. The van der Waals surface area contributed by atoms with E-state index >= 15 is 0 Å². The van der Waals surface area contributed by atoms with Crippen molar-refractivity contribution in [1.29, 1.82) is 0 Å². The van der Waals surface area contributed by atoms with Gasteiger partial charge in [-0.1, -0.05) is 6.08 Å². The molecule has 1 heterocycles. The molecule has 0 radical (unpaired) electrons. The van der Waals surface area contributed by atoms with Crippen LogP contribution in [0, 0.1) is 11.8 Å². The molecule has 0 saturated carbocycles. The maximum Gasteiger partial charge on any atom is 0.313 e. The first-order valence-electron chi connectivity index (χ1n) is 4.40. The largest absolute Gasteiger partial charge is 0.465 e. The molecule has 72 valence electrons. The fourth-order valence-corrected chi connectivity index (χ4v) is 2.12. The molecule has 0 aromatic heterocycles. The molecule has 0 aromatic carbocycles. The van der Waals surface area contributed by atoms with Crippen molar-refractivity contribution in [2.24, 2.45) is 11.8 Å². The van der Waals surface area contributed by atoms with Gasteiger partial charge in [0, 0.05) is 5.92 Å². The van der Waals surface area contributed by atoms with Crippen LogP contribution in [-0.2, 0) is 9.53 Å². The Morgan fingerprint density at radius 2 is 2.38 bits per heavy atom. The second-order valence-corrected chi connectivity index (χ2v) is 3.49. The number of rotatable bonds is 1. The molecule has 0 spiro atoms. The van der Waals surface area contributed by atoms with Crippen LogP contribution in [0.1, 0.15) is 6.42 Å². The molecule has 2 rings (SSSR count). The lowest BCUT2D eigenvalue weighted by Crippen LogP contribution is -2.35. The molecule has 0 aromatic rings. The molecule has 2 unspecified atom stereocenters. The Kier molecular flexibility index (Phi) is 2.09. The number of hydrogen-bond donors (Lipinski definition) is 2. The zero-order chi connectivity index (χ0) is 9.42. The maximum atomic E-state index is 11.3. The minimum absolute atomic E-state index is 0.0802. The number of carbonyl (C=O) groups is 1. The Labute approximate surface area is 75.8 Å². The van der Waals surface area contributed by atoms with Crippen molar-refractivity contribution >= 4 is 5.97 Å². The summed E-state index contributed by atoms with van der Waals surface area (Å²) in [5.41, 5.74) is 0.599. The lowest BCUT2D eigenvalue weighted by molar-refractivity contribution is -0.155. The van der Waals surface area contributed by atoms with Crippen molar-refractivity contribution < 1.29 is 19.7 Å². The van der Waals surface area contributed by atoms with Crippen molar-refractivity contribution in [2.45, 2.75) is 12.5 Å². The third kappa shape index (κ3) is 1.26. The van der Waals surface area contributed by atoms with Crippen molar-refractivity contribution in [3.05, 3.63) is 11.6 Å². The van der Waals surface area contributed by atoms with Crippen molar-refractivity contribution in [2.75, 3.05) is 13.2 Å². The number of carbonyl (C=O) groups excluding carboxylic acids is 1. The van der Waals surface area contributed by atoms with Gasteiger partial charge < -0.3 is 14.9 Å². The zero-order valence-electron chi connectivity index (χ0n) is 7.14. The number of fused-ring (bicyclic) bond motifs is 1. The van der Waals surface area contributed by atoms with Crippen LogP contribution in [0.4, 0.5) is 0 Å². The van der Waals surface area contributed by atoms with Crippen LogP contribution in [0.5, 0.6) is 0 Å². The number of aliphatic hydroxyl groups excluding tert-OH is 2. The molecular formula is C9H12O4. The van der Waals surface area contributed by atoms with E-state index in [1.807, 2.05) is 0 Å². The number of hydrogen-bond acceptors (Lipinski definition) is 4.